The first-order valence-corrected chi connectivity index (χ1v) is 10.9. The van der Waals surface area contributed by atoms with Crippen LogP contribution < -0.4 is 14.2 Å². The number of ether oxygens (including phenoxy) is 2. The van der Waals surface area contributed by atoms with Gasteiger partial charge in [0.15, 0.2) is 0 Å². The van der Waals surface area contributed by atoms with Gasteiger partial charge in [0, 0.05) is 12.5 Å². The average Bonchev–Trinajstić information content (AvgIpc) is 3.07. The van der Waals surface area contributed by atoms with Crippen molar-refractivity contribution < 1.29 is 17.9 Å². The Morgan fingerprint density at radius 3 is 2.78 bits per heavy atom. The zero-order valence-electron chi connectivity index (χ0n) is 16.1. The number of hydrogen-bond donors (Lipinski definition) is 1. The highest BCUT2D eigenvalue weighted by Crippen LogP contribution is 2.26. The number of benzene rings is 2. The molecule has 1 aliphatic rings. The molecule has 146 valence electrons. The minimum Gasteiger partial charge on any atom is -0.493 e. The summed E-state index contributed by atoms with van der Waals surface area (Å²) in [6.07, 6.45) is 2.45. The lowest BCUT2D eigenvalue weighted by Crippen LogP contribution is -2.34. The molecule has 0 saturated heterocycles. The van der Waals surface area contributed by atoms with Crippen LogP contribution in [0.3, 0.4) is 0 Å². The van der Waals surface area contributed by atoms with E-state index in [1.807, 2.05) is 32.9 Å². The lowest BCUT2D eigenvalue weighted by Gasteiger charge is -2.16. The molecule has 0 bridgehead atoms. The molecule has 1 N–H and O–H groups in total. The second kappa shape index (κ2) is 8.31. The first-order chi connectivity index (χ1) is 12.9. The van der Waals surface area contributed by atoms with Gasteiger partial charge in [-0.1, -0.05) is 19.1 Å². The lowest BCUT2D eigenvalue weighted by molar-refractivity contribution is 0.315. The normalized spacial score (nSPS) is 14.5. The van der Waals surface area contributed by atoms with Crippen LogP contribution in [0.5, 0.6) is 11.5 Å². The third-order valence-corrected chi connectivity index (χ3v) is 6.16. The highest BCUT2D eigenvalue weighted by Gasteiger charge is 2.20. The van der Waals surface area contributed by atoms with Crippen molar-refractivity contribution in [1.82, 2.24) is 4.72 Å². The number of fused-ring (bicyclic) bond motifs is 1. The van der Waals surface area contributed by atoms with Crippen molar-refractivity contribution in [3.8, 4) is 11.5 Å². The highest BCUT2D eigenvalue weighted by atomic mass is 32.2. The molecule has 0 fully saturated rings. The third kappa shape index (κ3) is 4.82. The number of aryl methyl sites for hydroxylation is 1. The van der Waals surface area contributed by atoms with E-state index in [1.165, 1.54) is 5.56 Å². The molecular weight excluding hydrogens is 362 g/mol. The molecule has 5 nitrogen and oxygen atoms in total. The standard InChI is InChI=1S/C21H27NO4S/c1-4-10-25-20-8-6-19(12-15(20)2)27(23,24)22-16(3)13-17-5-7-21-18(14-17)9-11-26-21/h5-8,12,14,16,22H,4,9-11,13H2,1-3H3. The summed E-state index contributed by atoms with van der Waals surface area (Å²) in [5.74, 6) is 1.66. The number of sulfonamides is 1. The van der Waals surface area contributed by atoms with Crippen molar-refractivity contribution in [3.05, 3.63) is 53.1 Å². The van der Waals surface area contributed by atoms with Crippen LogP contribution >= 0.6 is 0 Å². The van der Waals surface area contributed by atoms with Gasteiger partial charge in [0.2, 0.25) is 10.0 Å². The Balaban J connectivity index is 1.67. The van der Waals surface area contributed by atoms with Gasteiger partial charge in [-0.2, -0.15) is 0 Å². The molecule has 0 aliphatic carbocycles. The Morgan fingerprint density at radius 1 is 1.22 bits per heavy atom. The first kappa shape index (κ1) is 19.7. The van der Waals surface area contributed by atoms with E-state index in [-0.39, 0.29) is 10.9 Å². The Labute approximate surface area is 161 Å². The van der Waals surface area contributed by atoms with E-state index in [2.05, 4.69) is 10.8 Å². The lowest BCUT2D eigenvalue weighted by atomic mass is 10.0. The summed E-state index contributed by atoms with van der Waals surface area (Å²) in [7, 11) is -3.58. The molecule has 27 heavy (non-hydrogen) atoms. The van der Waals surface area contributed by atoms with E-state index in [0.29, 0.717) is 13.0 Å². The summed E-state index contributed by atoms with van der Waals surface area (Å²) in [5.41, 5.74) is 3.12. The summed E-state index contributed by atoms with van der Waals surface area (Å²) < 4.78 is 39.4. The van der Waals surface area contributed by atoms with Gasteiger partial charge >= 0.3 is 0 Å². The van der Waals surface area contributed by atoms with E-state index < -0.39 is 10.0 Å². The maximum absolute atomic E-state index is 12.7. The van der Waals surface area contributed by atoms with Crippen LogP contribution in [0.1, 0.15) is 37.0 Å². The van der Waals surface area contributed by atoms with Crippen molar-refractivity contribution >= 4 is 10.0 Å². The minimum atomic E-state index is -3.58. The molecule has 3 rings (SSSR count). The highest BCUT2D eigenvalue weighted by molar-refractivity contribution is 7.89. The largest absolute Gasteiger partial charge is 0.493 e. The van der Waals surface area contributed by atoms with Gasteiger partial charge in [0.05, 0.1) is 18.1 Å². The van der Waals surface area contributed by atoms with Crippen LogP contribution in [0.25, 0.3) is 0 Å². The third-order valence-electron chi connectivity index (χ3n) is 4.57. The molecular formula is C21H27NO4S. The van der Waals surface area contributed by atoms with Crippen LogP contribution in [0.4, 0.5) is 0 Å². The fraction of sp³-hybridized carbons (Fsp3) is 0.429. The number of rotatable bonds is 8. The second-order valence-electron chi connectivity index (χ2n) is 7.04. The summed E-state index contributed by atoms with van der Waals surface area (Å²) in [4.78, 5) is 0.262. The quantitative estimate of drug-likeness (QED) is 0.749. The average molecular weight is 390 g/mol. The van der Waals surface area contributed by atoms with E-state index >= 15 is 0 Å². The molecule has 1 aliphatic heterocycles. The molecule has 1 unspecified atom stereocenters. The maximum atomic E-state index is 12.7. The van der Waals surface area contributed by atoms with Crippen molar-refractivity contribution in [3.63, 3.8) is 0 Å². The minimum absolute atomic E-state index is 0.216. The van der Waals surface area contributed by atoms with E-state index in [4.69, 9.17) is 9.47 Å². The van der Waals surface area contributed by atoms with Crippen molar-refractivity contribution in [2.24, 2.45) is 0 Å². The predicted octanol–water partition coefficient (Wildman–Crippen LogP) is 3.63. The molecule has 1 atom stereocenters. The summed E-state index contributed by atoms with van der Waals surface area (Å²) in [5, 5.41) is 0. The van der Waals surface area contributed by atoms with E-state index in [1.54, 1.807) is 18.2 Å². The smallest absolute Gasteiger partial charge is 0.240 e. The monoisotopic (exact) mass is 389 g/mol. The number of nitrogens with one attached hydrogen (secondary N) is 1. The number of hydrogen-bond acceptors (Lipinski definition) is 4. The van der Waals surface area contributed by atoms with Gasteiger partial charge in [-0.05, 0) is 67.6 Å². The van der Waals surface area contributed by atoms with E-state index in [0.717, 1.165) is 42.1 Å². The SMILES string of the molecule is CCCOc1ccc(S(=O)(=O)NC(C)Cc2ccc3c(c2)CCO3)cc1C. The summed E-state index contributed by atoms with van der Waals surface area (Å²) >= 11 is 0. The van der Waals surface area contributed by atoms with Crippen LogP contribution in [-0.2, 0) is 22.9 Å². The van der Waals surface area contributed by atoms with Crippen LogP contribution in [0, 0.1) is 6.92 Å². The Kier molecular flexibility index (Phi) is 6.07. The van der Waals surface area contributed by atoms with Crippen LogP contribution in [0.2, 0.25) is 0 Å². The molecule has 0 saturated carbocycles. The Hall–Kier alpha value is -2.05. The van der Waals surface area contributed by atoms with Crippen LogP contribution in [-0.4, -0.2) is 27.7 Å². The van der Waals surface area contributed by atoms with Gasteiger partial charge in [0.1, 0.15) is 11.5 Å². The molecule has 2 aromatic rings. The molecule has 0 radical (unpaired) electrons. The van der Waals surface area contributed by atoms with E-state index in [9.17, 15) is 8.42 Å². The van der Waals surface area contributed by atoms with Gasteiger partial charge < -0.3 is 9.47 Å². The zero-order chi connectivity index (χ0) is 19.4. The topological polar surface area (TPSA) is 64.6 Å². The second-order valence-corrected chi connectivity index (χ2v) is 8.76. The molecule has 2 aromatic carbocycles. The Morgan fingerprint density at radius 2 is 2.04 bits per heavy atom. The molecule has 0 spiro atoms. The van der Waals surface area contributed by atoms with Crippen molar-refractivity contribution in [1.29, 1.82) is 0 Å². The van der Waals surface area contributed by atoms with Gasteiger partial charge in [0.25, 0.3) is 0 Å². The molecule has 6 heteroatoms. The first-order valence-electron chi connectivity index (χ1n) is 9.39. The van der Waals surface area contributed by atoms with Gasteiger partial charge in [-0.3, -0.25) is 0 Å². The summed E-state index contributed by atoms with van der Waals surface area (Å²) in [6, 6.07) is 10.8. The summed E-state index contributed by atoms with van der Waals surface area (Å²) in [6.45, 7) is 7.12. The fourth-order valence-electron chi connectivity index (χ4n) is 3.26. The fourth-order valence-corrected chi connectivity index (χ4v) is 4.59. The molecule has 0 aromatic heterocycles. The van der Waals surface area contributed by atoms with Gasteiger partial charge in [-0.15, -0.1) is 0 Å². The molecule has 0 amide bonds. The Bertz CT molecular complexity index is 908. The van der Waals surface area contributed by atoms with Crippen LogP contribution in [0.15, 0.2) is 41.3 Å². The predicted molar refractivity (Wildman–Crippen MR) is 106 cm³/mol. The maximum Gasteiger partial charge on any atom is 0.240 e. The molecule has 1 heterocycles. The van der Waals surface area contributed by atoms with Crippen molar-refractivity contribution in [2.45, 2.75) is 51.0 Å². The van der Waals surface area contributed by atoms with Crippen molar-refractivity contribution in [2.75, 3.05) is 13.2 Å². The van der Waals surface area contributed by atoms with Gasteiger partial charge in [-0.25, -0.2) is 13.1 Å². The zero-order valence-corrected chi connectivity index (χ0v) is 16.9.